The van der Waals surface area contributed by atoms with E-state index in [4.69, 9.17) is 16.3 Å². The van der Waals surface area contributed by atoms with Crippen LogP contribution in [-0.2, 0) is 30.4 Å². The van der Waals surface area contributed by atoms with Crippen molar-refractivity contribution in [3.05, 3.63) is 58.6 Å². The SMILES string of the molecule is CC(C)(C)c1ccc(C2(C(=O)Nc3ccc(Cl)c(S(=O)(=O)N4CCOCC4)c3)CC2)cc1. The van der Waals surface area contributed by atoms with E-state index >= 15 is 0 Å². The number of sulfonamides is 1. The molecule has 0 radical (unpaired) electrons. The predicted octanol–water partition coefficient (Wildman–Crippen LogP) is 4.33. The standard InChI is InChI=1S/C24H29ClN2O4S/c1-23(2,3)17-4-6-18(7-5-17)24(10-11-24)22(28)26-19-8-9-20(25)21(16-19)32(29,30)27-12-14-31-15-13-27/h4-9,16H,10-15H2,1-3H3,(H,26,28). The first kappa shape index (κ1) is 23.2. The van der Waals surface area contributed by atoms with Gasteiger partial charge in [-0.1, -0.05) is 56.6 Å². The number of hydrogen-bond acceptors (Lipinski definition) is 4. The number of nitrogens with one attached hydrogen (secondary N) is 1. The monoisotopic (exact) mass is 476 g/mol. The Bertz CT molecular complexity index is 1110. The Labute approximate surface area is 195 Å². The summed E-state index contributed by atoms with van der Waals surface area (Å²) in [7, 11) is -3.77. The maximum Gasteiger partial charge on any atom is 0.244 e. The van der Waals surface area contributed by atoms with Crippen LogP contribution in [0.2, 0.25) is 5.02 Å². The van der Waals surface area contributed by atoms with Gasteiger partial charge in [0.05, 0.1) is 23.7 Å². The molecule has 2 aromatic rings. The third-order valence-corrected chi connectivity index (χ3v) is 8.65. The fourth-order valence-corrected chi connectivity index (χ4v) is 5.93. The molecule has 0 atom stereocenters. The van der Waals surface area contributed by atoms with E-state index < -0.39 is 15.4 Å². The van der Waals surface area contributed by atoms with Gasteiger partial charge in [-0.25, -0.2) is 8.42 Å². The van der Waals surface area contributed by atoms with Crippen molar-refractivity contribution in [1.29, 1.82) is 0 Å². The molecule has 4 rings (SSSR count). The van der Waals surface area contributed by atoms with Crippen molar-refractivity contribution in [3.63, 3.8) is 0 Å². The smallest absolute Gasteiger partial charge is 0.244 e. The van der Waals surface area contributed by atoms with Gasteiger partial charge in [-0.2, -0.15) is 4.31 Å². The number of carbonyl (C=O) groups is 1. The summed E-state index contributed by atoms with van der Waals surface area (Å²) in [6, 6.07) is 12.8. The van der Waals surface area contributed by atoms with Crippen LogP contribution in [0.5, 0.6) is 0 Å². The van der Waals surface area contributed by atoms with Crippen molar-refractivity contribution in [1.82, 2.24) is 4.31 Å². The second-order valence-electron chi connectivity index (χ2n) is 9.53. The van der Waals surface area contributed by atoms with E-state index in [0.717, 1.165) is 18.4 Å². The molecule has 1 N–H and O–H groups in total. The molecule has 0 unspecified atom stereocenters. The zero-order valence-electron chi connectivity index (χ0n) is 18.7. The first-order valence-electron chi connectivity index (χ1n) is 10.8. The summed E-state index contributed by atoms with van der Waals surface area (Å²) in [6.45, 7) is 7.74. The van der Waals surface area contributed by atoms with E-state index in [1.165, 1.54) is 22.0 Å². The first-order chi connectivity index (χ1) is 15.0. The van der Waals surface area contributed by atoms with Gasteiger partial charge in [0.1, 0.15) is 4.90 Å². The highest BCUT2D eigenvalue weighted by Gasteiger charge is 2.51. The second kappa shape index (κ2) is 8.45. The number of ether oxygens (including phenoxy) is 1. The summed E-state index contributed by atoms with van der Waals surface area (Å²) in [5.41, 5.74) is 2.10. The Balaban J connectivity index is 1.55. The number of benzene rings is 2. The lowest BCUT2D eigenvalue weighted by atomic mass is 9.85. The lowest BCUT2D eigenvalue weighted by molar-refractivity contribution is -0.118. The number of nitrogens with zero attached hydrogens (tertiary/aromatic N) is 1. The molecule has 1 amide bonds. The van der Waals surface area contributed by atoms with Gasteiger partial charge in [0, 0.05) is 18.8 Å². The summed E-state index contributed by atoms with van der Waals surface area (Å²) in [5.74, 6) is -0.127. The number of rotatable bonds is 5. The lowest BCUT2D eigenvalue weighted by Gasteiger charge is -2.26. The minimum Gasteiger partial charge on any atom is -0.379 e. The molecule has 32 heavy (non-hydrogen) atoms. The fourth-order valence-electron chi connectivity index (χ4n) is 4.02. The number of anilines is 1. The topological polar surface area (TPSA) is 75.7 Å². The number of carbonyl (C=O) groups excluding carboxylic acids is 1. The number of morpholine rings is 1. The Hall–Kier alpha value is -1.93. The third-order valence-electron chi connectivity index (χ3n) is 6.27. The Kier molecular flexibility index (Phi) is 6.13. The van der Waals surface area contributed by atoms with E-state index in [2.05, 4.69) is 38.2 Å². The van der Waals surface area contributed by atoms with Gasteiger partial charge in [-0.3, -0.25) is 4.79 Å². The molecule has 1 aliphatic heterocycles. The highest BCUT2D eigenvalue weighted by atomic mass is 35.5. The molecule has 8 heteroatoms. The maximum absolute atomic E-state index is 13.2. The molecule has 2 aliphatic rings. The van der Waals surface area contributed by atoms with Crippen LogP contribution in [0.25, 0.3) is 0 Å². The minimum atomic E-state index is -3.77. The van der Waals surface area contributed by atoms with Gasteiger partial charge < -0.3 is 10.1 Å². The average Bonchev–Trinajstić information content (AvgIpc) is 3.57. The van der Waals surface area contributed by atoms with E-state index in [-0.39, 0.29) is 34.3 Å². The number of halogens is 1. The summed E-state index contributed by atoms with van der Waals surface area (Å²) >= 11 is 6.24. The average molecular weight is 477 g/mol. The second-order valence-corrected chi connectivity index (χ2v) is 11.8. The van der Waals surface area contributed by atoms with Crippen molar-refractivity contribution in [2.75, 3.05) is 31.6 Å². The fraction of sp³-hybridized carbons (Fsp3) is 0.458. The first-order valence-corrected chi connectivity index (χ1v) is 12.7. The molecule has 172 valence electrons. The van der Waals surface area contributed by atoms with Crippen LogP contribution in [0.4, 0.5) is 5.69 Å². The van der Waals surface area contributed by atoms with Crippen molar-refractivity contribution in [2.24, 2.45) is 0 Å². The summed E-state index contributed by atoms with van der Waals surface area (Å²) in [5, 5.41) is 3.06. The summed E-state index contributed by atoms with van der Waals surface area (Å²) in [4.78, 5) is 13.2. The van der Waals surface area contributed by atoms with Crippen molar-refractivity contribution >= 4 is 33.2 Å². The van der Waals surface area contributed by atoms with Gasteiger partial charge in [0.2, 0.25) is 15.9 Å². The van der Waals surface area contributed by atoms with Crippen LogP contribution in [-0.4, -0.2) is 44.9 Å². The van der Waals surface area contributed by atoms with Gasteiger partial charge in [0.15, 0.2) is 0 Å². The molecule has 0 aromatic heterocycles. The van der Waals surface area contributed by atoms with Gasteiger partial charge in [-0.05, 0) is 47.6 Å². The number of amides is 1. The highest BCUT2D eigenvalue weighted by Crippen LogP contribution is 2.49. The Morgan fingerprint density at radius 2 is 1.69 bits per heavy atom. The molecule has 0 bridgehead atoms. The molecule has 1 saturated carbocycles. The Morgan fingerprint density at radius 3 is 2.25 bits per heavy atom. The Morgan fingerprint density at radius 1 is 1.06 bits per heavy atom. The van der Waals surface area contributed by atoms with Crippen LogP contribution < -0.4 is 5.32 Å². The van der Waals surface area contributed by atoms with Crippen LogP contribution in [0.3, 0.4) is 0 Å². The molecule has 0 spiro atoms. The molecule has 6 nitrogen and oxygen atoms in total. The molecule has 2 fully saturated rings. The van der Waals surface area contributed by atoms with Crippen LogP contribution >= 0.6 is 11.6 Å². The largest absolute Gasteiger partial charge is 0.379 e. The normalized spacial score (nSPS) is 18.9. The lowest BCUT2D eigenvalue weighted by Crippen LogP contribution is -2.40. The number of hydrogen-bond donors (Lipinski definition) is 1. The quantitative estimate of drug-likeness (QED) is 0.696. The van der Waals surface area contributed by atoms with Gasteiger partial charge >= 0.3 is 0 Å². The molecule has 1 saturated heterocycles. The minimum absolute atomic E-state index is 0.00163. The van der Waals surface area contributed by atoms with Crippen LogP contribution in [0.15, 0.2) is 47.4 Å². The van der Waals surface area contributed by atoms with Crippen molar-refractivity contribution in [2.45, 2.75) is 49.3 Å². The zero-order valence-corrected chi connectivity index (χ0v) is 20.2. The third kappa shape index (κ3) is 4.44. The van der Waals surface area contributed by atoms with Gasteiger partial charge in [-0.15, -0.1) is 0 Å². The van der Waals surface area contributed by atoms with E-state index in [1.807, 2.05) is 12.1 Å². The van der Waals surface area contributed by atoms with E-state index in [0.29, 0.717) is 18.9 Å². The zero-order chi connectivity index (χ0) is 23.1. The van der Waals surface area contributed by atoms with E-state index in [9.17, 15) is 13.2 Å². The van der Waals surface area contributed by atoms with Crippen molar-refractivity contribution < 1.29 is 17.9 Å². The van der Waals surface area contributed by atoms with Crippen LogP contribution in [0, 0.1) is 0 Å². The highest BCUT2D eigenvalue weighted by molar-refractivity contribution is 7.89. The van der Waals surface area contributed by atoms with Crippen molar-refractivity contribution in [3.8, 4) is 0 Å². The summed E-state index contributed by atoms with van der Waals surface area (Å²) in [6.07, 6.45) is 1.53. The molecule has 1 aliphatic carbocycles. The van der Waals surface area contributed by atoms with Gasteiger partial charge in [0.25, 0.3) is 0 Å². The predicted molar refractivity (Wildman–Crippen MR) is 126 cm³/mol. The van der Waals surface area contributed by atoms with E-state index in [1.54, 1.807) is 6.07 Å². The van der Waals surface area contributed by atoms with Crippen LogP contribution in [0.1, 0.15) is 44.7 Å². The molecular formula is C24H29ClN2O4S. The molecule has 2 aromatic carbocycles. The molecule has 1 heterocycles. The summed E-state index contributed by atoms with van der Waals surface area (Å²) < 4.78 is 32.7. The maximum atomic E-state index is 13.2. The molecular weight excluding hydrogens is 448 g/mol.